The Morgan fingerprint density at radius 3 is 2.37 bits per heavy atom. The normalized spacial score (nSPS) is 27.7. The van der Waals surface area contributed by atoms with Gasteiger partial charge in [-0.15, -0.1) is 11.3 Å². The average molecular weight is 421 g/mol. The van der Waals surface area contributed by atoms with Crippen molar-refractivity contribution >= 4 is 40.2 Å². The van der Waals surface area contributed by atoms with E-state index in [0.717, 1.165) is 16.8 Å². The molecule has 6 heteroatoms. The van der Waals surface area contributed by atoms with Crippen LogP contribution in [-0.2, 0) is 9.59 Å². The molecule has 4 atom stereocenters. The Labute approximate surface area is 180 Å². The molecule has 5 rings (SSSR count). The van der Waals surface area contributed by atoms with Gasteiger partial charge in [0.1, 0.15) is 6.04 Å². The SMILES string of the molecule is CC1=C[C@@H]2[C@@H]3C(=O)N(C(C)(C)C)C(=O)[C@H]3[C@H](C(=O)c3cccs3)N2c2ccccc21. The molecular formula is C24H24N2O3S. The van der Waals surface area contributed by atoms with Crippen LogP contribution in [0.1, 0.15) is 42.9 Å². The molecule has 0 saturated carbocycles. The first kappa shape index (κ1) is 19.2. The molecule has 0 aliphatic carbocycles. The van der Waals surface area contributed by atoms with E-state index >= 15 is 0 Å². The van der Waals surface area contributed by atoms with Crippen molar-refractivity contribution in [2.75, 3.05) is 4.90 Å². The van der Waals surface area contributed by atoms with E-state index in [-0.39, 0.29) is 23.6 Å². The number of anilines is 1. The molecule has 1 aromatic heterocycles. The minimum absolute atomic E-state index is 0.0813. The molecule has 0 N–H and O–H groups in total. The van der Waals surface area contributed by atoms with Crippen LogP contribution in [0.5, 0.6) is 0 Å². The second kappa shape index (κ2) is 6.38. The molecule has 0 radical (unpaired) electrons. The maximum absolute atomic E-state index is 13.7. The molecule has 0 bridgehead atoms. The van der Waals surface area contributed by atoms with E-state index in [2.05, 4.69) is 6.08 Å². The number of thiophene rings is 1. The summed E-state index contributed by atoms with van der Waals surface area (Å²) in [6, 6.07) is 10.6. The number of para-hydroxylation sites is 1. The number of rotatable bonds is 2. The molecule has 0 spiro atoms. The van der Waals surface area contributed by atoms with Crippen molar-refractivity contribution in [3.05, 3.63) is 58.3 Å². The fourth-order valence-corrected chi connectivity index (χ4v) is 6.02. The number of carbonyl (C=O) groups is 3. The highest BCUT2D eigenvalue weighted by molar-refractivity contribution is 7.12. The summed E-state index contributed by atoms with van der Waals surface area (Å²) in [5.41, 5.74) is 2.43. The van der Waals surface area contributed by atoms with Crippen molar-refractivity contribution in [2.24, 2.45) is 11.8 Å². The van der Waals surface area contributed by atoms with E-state index in [9.17, 15) is 14.4 Å². The number of carbonyl (C=O) groups excluding carboxylic acids is 3. The number of nitrogens with zero attached hydrogens (tertiary/aromatic N) is 2. The Morgan fingerprint density at radius 2 is 1.70 bits per heavy atom. The van der Waals surface area contributed by atoms with Gasteiger partial charge >= 0.3 is 0 Å². The lowest BCUT2D eigenvalue weighted by atomic mass is 9.86. The van der Waals surface area contributed by atoms with Gasteiger partial charge in [-0.2, -0.15) is 0 Å². The summed E-state index contributed by atoms with van der Waals surface area (Å²) in [6.45, 7) is 7.64. The summed E-state index contributed by atoms with van der Waals surface area (Å²) >= 11 is 1.38. The molecule has 3 aliphatic heterocycles. The van der Waals surface area contributed by atoms with Gasteiger partial charge in [-0.3, -0.25) is 19.3 Å². The maximum Gasteiger partial charge on any atom is 0.236 e. The third-order valence-corrected chi connectivity index (χ3v) is 7.34. The minimum atomic E-state index is -0.687. The lowest BCUT2D eigenvalue weighted by molar-refractivity contribution is -0.145. The van der Waals surface area contributed by atoms with Crippen molar-refractivity contribution in [3.8, 4) is 0 Å². The van der Waals surface area contributed by atoms with Crippen LogP contribution in [0.15, 0.2) is 47.9 Å². The molecule has 2 aromatic rings. The van der Waals surface area contributed by atoms with Gasteiger partial charge in [0.05, 0.1) is 22.8 Å². The quantitative estimate of drug-likeness (QED) is 0.544. The first-order valence-corrected chi connectivity index (χ1v) is 11.1. The number of likely N-dealkylation sites (tertiary alicyclic amines) is 1. The van der Waals surface area contributed by atoms with Gasteiger partial charge in [-0.05, 0) is 50.8 Å². The van der Waals surface area contributed by atoms with Gasteiger partial charge in [0.25, 0.3) is 0 Å². The highest BCUT2D eigenvalue weighted by Crippen LogP contribution is 2.51. The second-order valence-electron chi connectivity index (χ2n) is 9.29. The zero-order chi connectivity index (χ0) is 21.4. The molecule has 5 nitrogen and oxygen atoms in total. The zero-order valence-corrected chi connectivity index (χ0v) is 18.3. The minimum Gasteiger partial charge on any atom is -0.352 e. The average Bonchev–Trinajstić information content (AvgIpc) is 3.38. The number of amides is 2. The van der Waals surface area contributed by atoms with E-state index in [1.165, 1.54) is 16.2 Å². The third kappa shape index (κ3) is 2.49. The highest BCUT2D eigenvalue weighted by Gasteiger charge is 2.65. The number of hydrogen-bond donors (Lipinski definition) is 0. The van der Waals surface area contributed by atoms with Crippen molar-refractivity contribution in [1.82, 2.24) is 4.90 Å². The summed E-state index contributed by atoms with van der Waals surface area (Å²) in [5.74, 6) is -1.70. The Kier molecular flexibility index (Phi) is 4.09. The summed E-state index contributed by atoms with van der Waals surface area (Å²) < 4.78 is 0. The maximum atomic E-state index is 13.7. The monoisotopic (exact) mass is 420 g/mol. The number of fused-ring (bicyclic) bond motifs is 5. The van der Waals surface area contributed by atoms with Crippen LogP contribution in [0, 0.1) is 11.8 Å². The standard InChI is InChI=1S/C24H24N2O3S/c1-13-12-16-18-19(23(29)26(22(18)28)24(2,3)4)20(21(27)17-10-7-11-30-17)25(16)15-9-6-5-8-14(13)15/h5-12,16,18-20H,1-4H3/t16-,18+,19-,20-/m1/s1. The molecule has 4 heterocycles. The van der Waals surface area contributed by atoms with Crippen molar-refractivity contribution < 1.29 is 14.4 Å². The van der Waals surface area contributed by atoms with Crippen LogP contribution in [0.25, 0.3) is 5.57 Å². The van der Waals surface area contributed by atoms with Gasteiger partial charge in [-0.25, -0.2) is 0 Å². The van der Waals surface area contributed by atoms with E-state index < -0.39 is 23.4 Å². The molecule has 2 amide bonds. The van der Waals surface area contributed by atoms with Crippen LogP contribution in [-0.4, -0.2) is 40.1 Å². The van der Waals surface area contributed by atoms with Gasteiger partial charge < -0.3 is 4.90 Å². The van der Waals surface area contributed by atoms with Gasteiger partial charge in [0.2, 0.25) is 11.8 Å². The van der Waals surface area contributed by atoms with Crippen molar-refractivity contribution in [3.63, 3.8) is 0 Å². The molecule has 154 valence electrons. The third-order valence-electron chi connectivity index (χ3n) is 6.46. The number of benzene rings is 1. The van der Waals surface area contributed by atoms with Crippen molar-refractivity contribution in [2.45, 2.75) is 45.3 Å². The van der Waals surface area contributed by atoms with E-state index in [1.54, 1.807) is 6.07 Å². The van der Waals surface area contributed by atoms with E-state index in [1.807, 2.05) is 68.3 Å². The van der Waals surface area contributed by atoms with Gasteiger partial charge in [0.15, 0.2) is 5.78 Å². The summed E-state index contributed by atoms with van der Waals surface area (Å²) in [5, 5.41) is 1.87. The van der Waals surface area contributed by atoms with Gasteiger partial charge in [-0.1, -0.05) is 30.3 Å². The van der Waals surface area contributed by atoms with Crippen LogP contribution in [0.2, 0.25) is 0 Å². The molecule has 30 heavy (non-hydrogen) atoms. The summed E-state index contributed by atoms with van der Waals surface area (Å²) in [7, 11) is 0. The molecular weight excluding hydrogens is 396 g/mol. The lowest BCUT2D eigenvalue weighted by Crippen LogP contribution is -2.52. The van der Waals surface area contributed by atoms with Crippen molar-refractivity contribution in [1.29, 1.82) is 0 Å². The molecule has 2 fully saturated rings. The number of Topliss-reactive ketones (excluding diaryl/α,β-unsaturated/α-hetero) is 1. The fraction of sp³-hybridized carbons (Fsp3) is 0.375. The zero-order valence-electron chi connectivity index (χ0n) is 17.5. The number of ketones is 1. The van der Waals surface area contributed by atoms with E-state index in [0.29, 0.717) is 4.88 Å². The number of imide groups is 1. The predicted molar refractivity (Wildman–Crippen MR) is 117 cm³/mol. The Bertz CT molecular complexity index is 1100. The van der Waals surface area contributed by atoms with Crippen LogP contribution in [0.4, 0.5) is 5.69 Å². The number of allylic oxidation sites excluding steroid dienone is 1. The first-order chi connectivity index (χ1) is 14.2. The largest absolute Gasteiger partial charge is 0.352 e. The van der Waals surface area contributed by atoms with Crippen LogP contribution in [0.3, 0.4) is 0 Å². The highest BCUT2D eigenvalue weighted by atomic mass is 32.1. The Hall–Kier alpha value is -2.73. The predicted octanol–water partition coefficient (Wildman–Crippen LogP) is 4.00. The first-order valence-electron chi connectivity index (χ1n) is 10.2. The molecule has 1 aromatic carbocycles. The summed E-state index contributed by atoms with van der Waals surface area (Å²) in [4.78, 5) is 44.8. The molecule has 0 unspecified atom stereocenters. The Balaban J connectivity index is 1.71. The fourth-order valence-electron chi connectivity index (χ4n) is 5.32. The van der Waals surface area contributed by atoms with Gasteiger partial charge in [0, 0.05) is 16.8 Å². The number of hydrogen-bond acceptors (Lipinski definition) is 5. The topological polar surface area (TPSA) is 57.7 Å². The van der Waals surface area contributed by atoms with E-state index in [4.69, 9.17) is 0 Å². The molecule has 2 saturated heterocycles. The van der Waals surface area contributed by atoms with Crippen LogP contribution < -0.4 is 4.90 Å². The smallest absolute Gasteiger partial charge is 0.236 e. The summed E-state index contributed by atoms with van der Waals surface area (Å²) in [6.07, 6.45) is 2.07. The second-order valence-corrected chi connectivity index (χ2v) is 10.2. The molecule has 3 aliphatic rings. The lowest BCUT2D eigenvalue weighted by Gasteiger charge is -2.39. The Morgan fingerprint density at radius 1 is 1.00 bits per heavy atom. The van der Waals surface area contributed by atoms with Crippen LogP contribution >= 0.6 is 11.3 Å².